The second-order valence-corrected chi connectivity index (χ2v) is 6.85. The largest absolute Gasteiger partial charge is 0.392 e. The van der Waals surface area contributed by atoms with Gasteiger partial charge in [-0.15, -0.1) is 0 Å². The van der Waals surface area contributed by atoms with E-state index in [1.807, 2.05) is 31.2 Å². The molecular formula is C13H21NO3S. The van der Waals surface area contributed by atoms with Gasteiger partial charge in [-0.2, -0.15) is 0 Å². The number of nitrogens with one attached hydrogen (secondary N) is 1. The summed E-state index contributed by atoms with van der Waals surface area (Å²) in [6, 6.07) is 7.53. The lowest BCUT2D eigenvalue weighted by Gasteiger charge is -2.13. The fraction of sp³-hybridized carbons (Fsp3) is 0.538. The summed E-state index contributed by atoms with van der Waals surface area (Å²) in [6.45, 7) is 4.20. The van der Waals surface area contributed by atoms with Gasteiger partial charge in [0, 0.05) is 18.3 Å². The van der Waals surface area contributed by atoms with Gasteiger partial charge in [0.1, 0.15) is 0 Å². The molecule has 0 aliphatic heterocycles. The Morgan fingerprint density at radius 2 is 1.78 bits per heavy atom. The van der Waals surface area contributed by atoms with Crippen LogP contribution in [0.5, 0.6) is 0 Å². The molecular weight excluding hydrogens is 250 g/mol. The van der Waals surface area contributed by atoms with Crippen LogP contribution in [0.1, 0.15) is 25.0 Å². The lowest BCUT2D eigenvalue weighted by molar-refractivity contribution is 0.282. The lowest BCUT2D eigenvalue weighted by Crippen LogP contribution is -2.33. The number of benzene rings is 1. The molecule has 102 valence electrons. The summed E-state index contributed by atoms with van der Waals surface area (Å²) in [7, 11) is -2.93. The maximum Gasteiger partial charge on any atom is 0.151 e. The van der Waals surface area contributed by atoms with E-state index < -0.39 is 9.84 Å². The van der Waals surface area contributed by atoms with Crippen molar-refractivity contribution in [3.05, 3.63) is 35.4 Å². The molecule has 5 heteroatoms. The van der Waals surface area contributed by atoms with Crippen LogP contribution in [-0.2, 0) is 23.0 Å². The van der Waals surface area contributed by atoms with Crippen LogP contribution in [0.15, 0.2) is 24.3 Å². The Balaban J connectivity index is 2.44. The fourth-order valence-corrected chi connectivity index (χ4v) is 2.73. The van der Waals surface area contributed by atoms with Gasteiger partial charge in [-0.25, -0.2) is 8.42 Å². The van der Waals surface area contributed by atoms with Gasteiger partial charge in [-0.3, -0.25) is 0 Å². The Morgan fingerprint density at radius 3 is 2.28 bits per heavy atom. The minimum absolute atomic E-state index is 0.0405. The van der Waals surface area contributed by atoms with Crippen molar-refractivity contribution in [1.82, 2.24) is 5.32 Å². The van der Waals surface area contributed by atoms with Crippen LogP contribution in [0, 0.1) is 0 Å². The van der Waals surface area contributed by atoms with Gasteiger partial charge in [-0.1, -0.05) is 31.2 Å². The number of hydrogen-bond donors (Lipinski definition) is 2. The van der Waals surface area contributed by atoms with Crippen molar-refractivity contribution in [1.29, 1.82) is 0 Å². The third-order valence-electron chi connectivity index (χ3n) is 2.80. The first-order valence-corrected chi connectivity index (χ1v) is 7.91. The summed E-state index contributed by atoms with van der Waals surface area (Å²) in [6.07, 6.45) is 0. The number of aliphatic hydroxyl groups excluding tert-OH is 1. The molecule has 1 atom stereocenters. The van der Waals surface area contributed by atoms with Crippen molar-refractivity contribution < 1.29 is 13.5 Å². The highest BCUT2D eigenvalue weighted by Crippen LogP contribution is 2.04. The molecule has 0 saturated carbocycles. The van der Waals surface area contributed by atoms with Gasteiger partial charge in [-0.05, 0) is 18.1 Å². The highest BCUT2D eigenvalue weighted by atomic mass is 32.2. The molecule has 0 heterocycles. The van der Waals surface area contributed by atoms with Crippen molar-refractivity contribution in [2.45, 2.75) is 33.0 Å². The molecule has 1 aromatic carbocycles. The summed E-state index contributed by atoms with van der Waals surface area (Å²) in [4.78, 5) is 0. The minimum atomic E-state index is -2.93. The lowest BCUT2D eigenvalue weighted by atomic mass is 10.1. The first kappa shape index (κ1) is 15.1. The van der Waals surface area contributed by atoms with Crippen molar-refractivity contribution in [2.75, 3.05) is 11.5 Å². The maximum atomic E-state index is 11.4. The van der Waals surface area contributed by atoms with E-state index in [0.717, 1.165) is 11.1 Å². The molecule has 0 fully saturated rings. The van der Waals surface area contributed by atoms with E-state index in [1.54, 1.807) is 6.92 Å². The zero-order chi connectivity index (χ0) is 13.6. The zero-order valence-electron chi connectivity index (χ0n) is 10.9. The van der Waals surface area contributed by atoms with E-state index in [2.05, 4.69) is 5.32 Å². The molecule has 1 unspecified atom stereocenters. The molecule has 0 spiro atoms. The molecule has 0 amide bonds. The third-order valence-corrected chi connectivity index (χ3v) is 4.69. The fourth-order valence-electron chi connectivity index (χ4n) is 1.61. The van der Waals surface area contributed by atoms with E-state index >= 15 is 0 Å². The quantitative estimate of drug-likeness (QED) is 0.779. The Bertz CT molecular complexity index is 454. The van der Waals surface area contributed by atoms with Crippen LogP contribution in [0.3, 0.4) is 0 Å². The monoisotopic (exact) mass is 271 g/mol. The van der Waals surface area contributed by atoms with Gasteiger partial charge < -0.3 is 10.4 Å². The average Bonchev–Trinajstić information content (AvgIpc) is 2.36. The highest BCUT2D eigenvalue weighted by Gasteiger charge is 2.12. The van der Waals surface area contributed by atoms with Gasteiger partial charge in [0.15, 0.2) is 9.84 Å². The smallest absolute Gasteiger partial charge is 0.151 e. The molecule has 18 heavy (non-hydrogen) atoms. The number of rotatable bonds is 7. The van der Waals surface area contributed by atoms with Crippen molar-refractivity contribution in [3.8, 4) is 0 Å². The predicted octanol–water partition coefficient (Wildman–Crippen LogP) is 1.09. The normalized spacial score (nSPS) is 13.5. The molecule has 0 aliphatic rings. The van der Waals surface area contributed by atoms with Crippen molar-refractivity contribution in [3.63, 3.8) is 0 Å². The molecule has 2 N–H and O–H groups in total. The summed E-state index contributed by atoms with van der Waals surface area (Å²) in [5.74, 6) is 0.350. The Morgan fingerprint density at radius 1 is 1.22 bits per heavy atom. The predicted molar refractivity (Wildman–Crippen MR) is 73.0 cm³/mol. The molecule has 0 saturated heterocycles. The van der Waals surface area contributed by atoms with Crippen LogP contribution in [-0.4, -0.2) is 31.1 Å². The number of aliphatic hydroxyl groups is 1. The topological polar surface area (TPSA) is 66.4 Å². The van der Waals surface area contributed by atoms with Gasteiger partial charge >= 0.3 is 0 Å². The number of sulfone groups is 1. The molecule has 0 radical (unpaired) electrons. The van der Waals surface area contributed by atoms with E-state index in [-0.39, 0.29) is 24.2 Å². The van der Waals surface area contributed by atoms with E-state index in [9.17, 15) is 8.42 Å². The Labute approximate surface area is 109 Å². The van der Waals surface area contributed by atoms with Gasteiger partial charge in [0.05, 0.1) is 12.4 Å². The van der Waals surface area contributed by atoms with Crippen LogP contribution >= 0.6 is 0 Å². The molecule has 1 rings (SSSR count). The third kappa shape index (κ3) is 5.16. The molecule has 0 aromatic heterocycles. The summed E-state index contributed by atoms with van der Waals surface area (Å²) in [5, 5.41) is 12.1. The van der Waals surface area contributed by atoms with E-state index in [0.29, 0.717) is 6.54 Å². The molecule has 1 aromatic rings. The SMILES string of the molecule is CCS(=O)(=O)CC(C)NCc1ccc(CO)cc1. The Hall–Kier alpha value is -0.910. The van der Waals surface area contributed by atoms with E-state index in [1.165, 1.54) is 0 Å². The van der Waals surface area contributed by atoms with E-state index in [4.69, 9.17) is 5.11 Å². The van der Waals surface area contributed by atoms with Crippen LogP contribution < -0.4 is 5.32 Å². The summed E-state index contributed by atoms with van der Waals surface area (Å²) in [5.41, 5.74) is 1.95. The van der Waals surface area contributed by atoms with Crippen LogP contribution in [0.2, 0.25) is 0 Å². The molecule has 0 bridgehead atoms. The van der Waals surface area contributed by atoms with Crippen molar-refractivity contribution in [2.24, 2.45) is 0 Å². The zero-order valence-corrected chi connectivity index (χ0v) is 11.7. The van der Waals surface area contributed by atoms with Gasteiger partial charge in [0.2, 0.25) is 0 Å². The first-order valence-electron chi connectivity index (χ1n) is 6.09. The second kappa shape index (κ2) is 6.87. The average molecular weight is 271 g/mol. The summed E-state index contributed by atoms with van der Waals surface area (Å²) < 4.78 is 22.9. The molecule has 0 aliphatic carbocycles. The van der Waals surface area contributed by atoms with Gasteiger partial charge in [0.25, 0.3) is 0 Å². The molecule has 4 nitrogen and oxygen atoms in total. The summed E-state index contributed by atoms with van der Waals surface area (Å²) >= 11 is 0. The minimum Gasteiger partial charge on any atom is -0.392 e. The van der Waals surface area contributed by atoms with Crippen LogP contribution in [0.25, 0.3) is 0 Å². The van der Waals surface area contributed by atoms with Crippen LogP contribution in [0.4, 0.5) is 0 Å². The standard InChI is InChI=1S/C13H21NO3S/c1-3-18(16,17)10-11(2)14-8-12-4-6-13(9-15)7-5-12/h4-7,11,14-15H,3,8-10H2,1-2H3. The number of hydrogen-bond acceptors (Lipinski definition) is 4. The maximum absolute atomic E-state index is 11.4. The second-order valence-electron chi connectivity index (χ2n) is 4.46. The highest BCUT2D eigenvalue weighted by molar-refractivity contribution is 7.91. The first-order chi connectivity index (χ1) is 8.46. The van der Waals surface area contributed by atoms with Crippen molar-refractivity contribution >= 4 is 9.84 Å². The Kier molecular flexibility index (Phi) is 5.78.